The third-order valence-electron chi connectivity index (χ3n) is 2.15. The molecule has 19 heavy (non-hydrogen) atoms. The zero-order valence-electron chi connectivity index (χ0n) is 11.2. The molecule has 0 unspecified atom stereocenters. The van der Waals surface area contributed by atoms with Gasteiger partial charge in [0.2, 0.25) is 0 Å². The van der Waals surface area contributed by atoms with Gasteiger partial charge in [0.05, 0.1) is 13.2 Å². The Morgan fingerprint density at radius 3 is 2.53 bits per heavy atom. The summed E-state index contributed by atoms with van der Waals surface area (Å²) in [7, 11) is 0. The van der Waals surface area contributed by atoms with Crippen molar-refractivity contribution in [2.75, 3.05) is 13.2 Å². The Morgan fingerprint density at radius 2 is 1.89 bits per heavy atom. The maximum atomic E-state index is 11.5. The van der Waals surface area contributed by atoms with Gasteiger partial charge < -0.3 is 14.2 Å². The molecule has 0 aliphatic carbocycles. The minimum Gasteiger partial charge on any atom is -0.494 e. The van der Waals surface area contributed by atoms with E-state index >= 15 is 0 Å². The van der Waals surface area contributed by atoms with Crippen LogP contribution in [0.1, 0.15) is 20.8 Å². The molecule has 104 valence electrons. The quantitative estimate of drug-likeness (QED) is 0.454. The van der Waals surface area contributed by atoms with Gasteiger partial charge in [0, 0.05) is 6.07 Å². The second-order valence-electron chi connectivity index (χ2n) is 3.60. The first-order valence-electron chi connectivity index (χ1n) is 6.02. The van der Waals surface area contributed by atoms with Gasteiger partial charge in [0.1, 0.15) is 21.7 Å². The maximum absolute atomic E-state index is 11.5. The molecule has 0 aromatic heterocycles. The fourth-order valence-corrected chi connectivity index (χ4v) is 1.55. The molecule has 5 heteroatoms. The highest BCUT2D eigenvalue weighted by Crippen LogP contribution is 2.23. The Bertz CT molecular complexity index is 468. The Labute approximate surface area is 121 Å². The van der Waals surface area contributed by atoms with Crippen LogP contribution in [-0.4, -0.2) is 19.2 Å². The molecule has 1 aromatic rings. The first-order valence-corrected chi connectivity index (χ1v) is 6.82. The molecule has 0 amide bonds. The van der Waals surface area contributed by atoms with Gasteiger partial charge in [-0.05, 0) is 48.8 Å². The van der Waals surface area contributed by atoms with E-state index < -0.39 is 5.97 Å². The topological polar surface area (TPSA) is 44.8 Å². The number of hydrogen-bond donors (Lipinski definition) is 0. The molecule has 0 radical (unpaired) electrons. The zero-order valence-corrected chi connectivity index (χ0v) is 12.8. The van der Waals surface area contributed by atoms with Gasteiger partial charge in [-0.1, -0.05) is 6.07 Å². The predicted molar refractivity (Wildman–Crippen MR) is 76.5 cm³/mol. The highest BCUT2D eigenvalue weighted by atomic mass is 79.9. The lowest BCUT2D eigenvalue weighted by Gasteiger charge is -2.10. The van der Waals surface area contributed by atoms with Gasteiger partial charge in [-0.25, -0.2) is 4.79 Å². The highest BCUT2D eigenvalue weighted by molar-refractivity contribution is 9.12. The number of esters is 1. The minimum atomic E-state index is -0.444. The fourth-order valence-electron chi connectivity index (χ4n) is 1.35. The molecule has 4 nitrogen and oxygen atoms in total. The summed E-state index contributed by atoms with van der Waals surface area (Å²) in [4.78, 5) is 11.5. The molecular weight excluding hydrogens is 312 g/mol. The van der Waals surface area contributed by atoms with Gasteiger partial charge in [-0.3, -0.25) is 0 Å². The van der Waals surface area contributed by atoms with Crippen molar-refractivity contribution in [1.29, 1.82) is 0 Å². The van der Waals surface area contributed by atoms with Crippen LogP contribution in [0, 0.1) is 0 Å². The van der Waals surface area contributed by atoms with E-state index in [1.54, 1.807) is 26.0 Å². The van der Waals surface area contributed by atoms with Crippen molar-refractivity contribution in [3.63, 3.8) is 0 Å². The largest absolute Gasteiger partial charge is 0.494 e. The Balaban J connectivity index is 2.80. The van der Waals surface area contributed by atoms with Gasteiger partial charge in [-0.15, -0.1) is 0 Å². The molecule has 1 aromatic carbocycles. The lowest BCUT2D eigenvalue weighted by Crippen LogP contribution is -2.07. The lowest BCUT2D eigenvalue weighted by molar-refractivity contribution is -0.137. The maximum Gasteiger partial charge on any atom is 0.348 e. The molecule has 0 atom stereocenters. The van der Waals surface area contributed by atoms with Crippen molar-refractivity contribution in [2.45, 2.75) is 20.8 Å². The molecule has 0 bridgehead atoms. The average molecular weight is 329 g/mol. The summed E-state index contributed by atoms with van der Waals surface area (Å²) in [5, 5.41) is 0. The monoisotopic (exact) mass is 328 g/mol. The van der Waals surface area contributed by atoms with Crippen LogP contribution >= 0.6 is 15.9 Å². The van der Waals surface area contributed by atoms with Crippen LogP contribution in [0.4, 0.5) is 0 Å². The van der Waals surface area contributed by atoms with Crippen LogP contribution in [0.25, 0.3) is 0 Å². The third kappa shape index (κ3) is 4.95. The molecule has 0 heterocycles. The highest BCUT2D eigenvalue weighted by Gasteiger charge is 2.12. The van der Waals surface area contributed by atoms with Crippen molar-refractivity contribution in [1.82, 2.24) is 0 Å². The lowest BCUT2D eigenvalue weighted by atomic mass is 10.3. The summed E-state index contributed by atoms with van der Waals surface area (Å²) in [6.45, 7) is 6.26. The van der Waals surface area contributed by atoms with E-state index in [9.17, 15) is 4.79 Å². The number of halogens is 1. The summed E-state index contributed by atoms with van der Waals surface area (Å²) in [5.74, 6) is 1.32. The Hall–Kier alpha value is -1.49. The molecule has 0 spiro atoms. The Morgan fingerprint density at radius 1 is 1.21 bits per heavy atom. The van der Waals surface area contributed by atoms with Crippen LogP contribution in [0.5, 0.6) is 11.5 Å². The molecule has 0 aliphatic heterocycles. The van der Waals surface area contributed by atoms with Crippen molar-refractivity contribution in [3.8, 4) is 11.5 Å². The predicted octanol–water partition coefficient (Wildman–Crippen LogP) is 3.65. The number of benzene rings is 1. The first-order chi connectivity index (χ1) is 9.08. The molecule has 0 aliphatic rings. The first kappa shape index (κ1) is 15.6. The number of carbonyl (C=O) groups is 1. The summed E-state index contributed by atoms with van der Waals surface area (Å²) in [6.07, 6.45) is 0. The van der Waals surface area contributed by atoms with E-state index in [0.717, 1.165) is 5.75 Å². The van der Waals surface area contributed by atoms with Crippen molar-refractivity contribution >= 4 is 21.9 Å². The van der Waals surface area contributed by atoms with E-state index in [2.05, 4.69) is 15.9 Å². The molecule has 0 fully saturated rings. The van der Waals surface area contributed by atoms with Crippen LogP contribution in [0.3, 0.4) is 0 Å². The minimum absolute atomic E-state index is 0.274. The summed E-state index contributed by atoms with van der Waals surface area (Å²) < 4.78 is 16.1. The van der Waals surface area contributed by atoms with Crippen LogP contribution in [0.2, 0.25) is 0 Å². The number of ether oxygens (including phenoxy) is 3. The van der Waals surface area contributed by atoms with E-state index in [1.807, 2.05) is 19.1 Å². The number of rotatable bonds is 6. The summed E-state index contributed by atoms with van der Waals surface area (Å²) in [5.41, 5.74) is 0. The van der Waals surface area contributed by atoms with Crippen molar-refractivity contribution in [2.24, 2.45) is 0 Å². The van der Waals surface area contributed by atoms with E-state index in [0.29, 0.717) is 24.7 Å². The molecule has 0 N–H and O–H groups in total. The van der Waals surface area contributed by atoms with Crippen LogP contribution in [-0.2, 0) is 9.53 Å². The number of allylic oxidation sites excluding steroid dienone is 1. The second-order valence-corrected chi connectivity index (χ2v) is 4.39. The van der Waals surface area contributed by atoms with Crippen LogP contribution < -0.4 is 9.47 Å². The van der Waals surface area contributed by atoms with Crippen LogP contribution in [0.15, 0.2) is 34.5 Å². The molecule has 0 saturated heterocycles. The fraction of sp³-hybridized carbons (Fsp3) is 0.357. The summed E-state index contributed by atoms with van der Waals surface area (Å²) in [6, 6.07) is 7.22. The molecule has 0 saturated carbocycles. The smallest absolute Gasteiger partial charge is 0.348 e. The van der Waals surface area contributed by atoms with E-state index in [-0.39, 0.29) is 4.48 Å². The van der Waals surface area contributed by atoms with Gasteiger partial charge >= 0.3 is 5.97 Å². The number of hydrogen-bond acceptors (Lipinski definition) is 4. The molecular formula is C14H17BrO4. The van der Waals surface area contributed by atoms with Gasteiger partial charge in [0.15, 0.2) is 0 Å². The summed E-state index contributed by atoms with van der Waals surface area (Å²) >= 11 is 3.17. The standard InChI is InChI=1S/C14H17BrO4/c1-4-17-11-7-6-8-12(9-11)19-10(3)13(15)14(16)18-5-2/h6-9H,4-5H2,1-3H3/b13-10+. The van der Waals surface area contributed by atoms with Crippen molar-refractivity contribution in [3.05, 3.63) is 34.5 Å². The second kappa shape index (κ2) is 7.84. The SMILES string of the molecule is CCOC(=O)/C(Br)=C(/C)Oc1cccc(OCC)c1. The number of carbonyl (C=O) groups excluding carboxylic acids is 1. The van der Waals surface area contributed by atoms with Gasteiger partial charge in [-0.2, -0.15) is 0 Å². The van der Waals surface area contributed by atoms with Gasteiger partial charge in [0.25, 0.3) is 0 Å². The van der Waals surface area contributed by atoms with E-state index in [1.165, 1.54) is 0 Å². The van der Waals surface area contributed by atoms with Crippen molar-refractivity contribution < 1.29 is 19.0 Å². The molecule has 1 rings (SSSR count). The Kier molecular flexibility index (Phi) is 6.42. The third-order valence-corrected chi connectivity index (χ3v) is 3.03. The normalized spacial score (nSPS) is 11.6. The zero-order chi connectivity index (χ0) is 14.3. The van der Waals surface area contributed by atoms with E-state index in [4.69, 9.17) is 14.2 Å². The average Bonchev–Trinajstić information content (AvgIpc) is 2.39.